The van der Waals surface area contributed by atoms with E-state index in [1.165, 1.54) is 5.56 Å². The highest BCUT2D eigenvalue weighted by Crippen LogP contribution is 2.28. The SMILES string of the molecule is C=CCNC(CC)(CC)c1ccccc1. The van der Waals surface area contributed by atoms with Gasteiger partial charge in [-0.05, 0) is 18.4 Å². The minimum Gasteiger partial charge on any atom is -0.304 e. The third kappa shape index (κ3) is 2.69. The Hall–Kier alpha value is -1.08. The molecular formula is C14H21N. The quantitative estimate of drug-likeness (QED) is 0.698. The molecule has 0 saturated carbocycles. The lowest BCUT2D eigenvalue weighted by Gasteiger charge is -2.33. The normalized spacial score (nSPS) is 11.3. The zero-order valence-corrected chi connectivity index (χ0v) is 9.79. The first-order valence-electron chi connectivity index (χ1n) is 5.70. The second-order valence-electron chi connectivity index (χ2n) is 3.82. The molecule has 0 fully saturated rings. The van der Waals surface area contributed by atoms with Gasteiger partial charge in [-0.2, -0.15) is 0 Å². The van der Waals surface area contributed by atoms with Crippen LogP contribution in [0.5, 0.6) is 0 Å². The summed E-state index contributed by atoms with van der Waals surface area (Å²) in [6.45, 7) is 9.08. The van der Waals surface area contributed by atoms with E-state index >= 15 is 0 Å². The molecular weight excluding hydrogens is 182 g/mol. The van der Waals surface area contributed by atoms with E-state index in [1.54, 1.807) is 0 Å². The van der Waals surface area contributed by atoms with Gasteiger partial charge in [-0.1, -0.05) is 50.3 Å². The summed E-state index contributed by atoms with van der Waals surface area (Å²) < 4.78 is 0. The lowest BCUT2D eigenvalue weighted by molar-refractivity contribution is 0.322. The molecule has 1 heteroatoms. The average Bonchev–Trinajstić information content (AvgIpc) is 2.33. The van der Waals surface area contributed by atoms with Crippen LogP contribution < -0.4 is 5.32 Å². The Kier molecular flexibility index (Phi) is 4.57. The van der Waals surface area contributed by atoms with Crippen molar-refractivity contribution < 1.29 is 0 Å². The van der Waals surface area contributed by atoms with Crippen LogP contribution in [0.25, 0.3) is 0 Å². The van der Waals surface area contributed by atoms with Crippen LogP contribution in [0.1, 0.15) is 32.3 Å². The van der Waals surface area contributed by atoms with Crippen molar-refractivity contribution >= 4 is 0 Å². The first-order valence-corrected chi connectivity index (χ1v) is 5.70. The predicted octanol–water partition coefficient (Wildman–Crippen LogP) is 3.48. The fraction of sp³-hybridized carbons (Fsp3) is 0.429. The van der Waals surface area contributed by atoms with Gasteiger partial charge < -0.3 is 5.32 Å². The fourth-order valence-electron chi connectivity index (χ4n) is 2.04. The zero-order chi connectivity index (χ0) is 11.1. The van der Waals surface area contributed by atoms with Crippen molar-refractivity contribution in [2.45, 2.75) is 32.2 Å². The second kappa shape index (κ2) is 5.72. The van der Waals surface area contributed by atoms with Crippen LogP contribution in [0.2, 0.25) is 0 Å². The first-order chi connectivity index (χ1) is 7.29. The smallest absolute Gasteiger partial charge is 0.0431 e. The van der Waals surface area contributed by atoms with Crippen LogP contribution in [-0.2, 0) is 5.54 Å². The van der Waals surface area contributed by atoms with Gasteiger partial charge in [0.2, 0.25) is 0 Å². The molecule has 0 aliphatic carbocycles. The molecule has 0 saturated heterocycles. The molecule has 1 nitrogen and oxygen atoms in total. The Balaban J connectivity index is 2.94. The molecule has 0 spiro atoms. The fourth-order valence-corrected chi connectivity index (χ4v) is 2.04. The van der Waals surface area contributed by atoms with E-state index in [0.29, 0.717) is 0 Å². The summed E-state index contributed by atoms with van der Waals surface area (Å²) in [4.78, 5) is 0. The summed E-state index contributed by atoms with van der Waals surface area (Å²) in [7, 11) is 0. The van der Waals surface area contributed by atoms with Crippen molar-refractivity contribution in [1.29, 1.82) is 0 Å². The van der Waals surface area contributed by atoms with E-state index in [2.05, 4.69) is 56.1 Å². The molecule has 0 radical (unpaired) electrons. The molecule has 82 valence electrons. The zero-order valence-electron chi connectivity index (χ0n) is 9.79. The molecule has 0 bridgehead atoms. The van der Waals surface area contributed by atoms with Gasteiger partial charge in [-0.15, -0.1) is 6.58 Å². The molecule has 0 amide bonds. The third-order valence-corrected chi connectivity index (χ3v) is 3.12. The van der Waals surface area contributed by atoms with Crippen LogP contribution in [0.3, 0.4) is 0 Å². The highest BCUT2D eigenvalue weighted by molar-refractivity contribution is 5.24. The summed E-state index contributed by atoms with van der Waals surface area (Å²) >= 11 is 0. The molecule has 1 aromatic carbocycles. The highest BCUT2D eigenvalue weighted by Gasteiger charge is 2.26. The maximum absolute atomic E-state index is 3.76. The standard InChI is InChI=1S/C14H21N/c1-4-12-15-14(5-2,6-3)13-10-8-7-9-11-13/h4,7-11,15H,1,5-6,12H2,2-3H3. The number of rotatable bonds is 6. The largest absolute Gasteiger partial charge is 0.304 e. The van der Waals surface area contributed by atoms with Crippen molar-refractivity contribution in [3.05, 3.63) is 48.6 Å². The number of nitrogens with one attached hydrogen (secondary N) is 1. The Morgan fingerprint density at radius 2 is 1.80 bits per heavy atom. The summed E-state index contributed by atoms with van der Waals surface area (Å²) in [5.41, 5.74) is 1.48. The summed E-state index contributed by atoms with van der Waals surface area (Å²) in [5, 5.41) is 3.58. The van der Waals surface area contributed by atoms with E-state index in [-0.39, 0.29) is 5.54 Å². The third-order valence-electron chi connectivity index (χ3n) is 3.12. The van der Waals surface area contributed by atoms with Gasteiger partial charge >= 0.3 is 0 Å². The Morgan fingerprint density at radius 1 is 1.20 bits per heavy atom. The van der Waals surface area contributed by atoms with Gasteiger partial charge in [-0.25, -0.2) is 0 Å². The van der Waals surface area contributed by atoms with E-state index in [0.717, 1.165) is 19.4 Å². The molecule has 0 aromatic heterocycles. The lowest BCUT2D eigenvalue weighted by atomic mass is 9.84. The van der Waals surface area contributed by atoms with E-state index in [1.807, 2.05) is 6.08 Å². The van der Waals surface area contributed by atoms with Gasteiger partial charge in [0, 0.05) is 12.1 Å². The molecule has 0 unspecified atom stereocenters. The topological polar surface area (TPSA) is 12.0 Å². The number of hydrogen-bond acceptors (Lipinski definition) is 1. The van der Waals surface area contributed by atoms with Crippen molar-refractivity contribution in [3.63, 3.8) is 0 Å². The molecule has 0 aliphatic heterocycles. The molecule has 15 heavy (non-hydrogen) atoms. The van der Waals surface area contributed by atoms with E-state index in [9.17, 15) is 0 Å². The molecule has 1 aromatic rings. The van der Waals surface area contributed by atoms with E-state index in [4.69, 9.17) is 0 Å². The van der Waals surface area contributed by atoms with Gasteiger partial charge in [0.05, 0.1) is 0 Å². The molecule has 1 rings (SSSR count). The van der Waals surface area contributed by atoms with E-state index < -0.39 is 0 Å². The van der Waals surface area contributed by atoms with Crippen molar-refractivity contribution in [1.82, 2.24) is 5.32 Å². The molecule has 0 atom stereocenters. The number of benzene rings is 1. The van der Waals surface area contributed by atoms with Crippen LogP contribution in [-0.4, -0.2) is 6.54 Å². The first kappa shape index (κ1) is 12.0. The molecule has 1 N–H and O–H groups in total. The lowest BCUT2D eigenvalue weighted by Crippen LogP contribution is -2.41. The Bertz CT molecular complexity index is 285. The predicted molar refractivity (Wildman–Crippen MR) is 66.9 cm³/mol. The van der Waals surface area contributed by atoms with Crippen molar-refractivity contribution in [2.24, 2.45) is 0 Å². The van der Waals surface area contributed by atoms with Crippen LogP contribution >= 0.6 is 0 Å². The van der Waals surface area contributed by atoms with Gasteiger partial charge in [-0.3, -0.25) is 0 Å². The van der Waals surface area contributed by atoms with Crippen LogP contribution in [0.15, 0.2) is 43.0 Å². The Morgan fingerprint density at radius 3 is 2.27 bits per heavy atom. The Labute approximate surface area is 93.2 Å². The van der Waals surface area contributed by atoms with Crippen molar-refractivity contribution in [3.8, 4) is 0 Å². The second-order valence-corrected chi connectivity index (χ2v) is 3.82. The molecule has 0 aliphatic rings. The summed E-state index contributed by atoms with van der Waals surface area (Å²) in [5.74, 6) is 0. The maximum atomic E-state index is 3.76. The average molecular weight is 203 g/mol. The minimum atomic E-state index is 0.107. The summed E-state index contributed by atoms with van der Waals surface area (Å²) in [6, 6.07) is 10.7. The van der Waals surface area contributed by atoms with Crippen molar-refractivity contribution in [2.75, 3.05) is 6.54 Å². The van der Waals surface area contributed by atoms with Gasteiger partial charge in [0.15, 0.2) is 0 Å². The summed E-state index contributed by atoms with van der Waals surface area (Å²) in [6.07, 6.45) is 4.12. The monoisotopic (exact) mass is 203 g/mol. The molecule has 0 heterocycles. The highest BCUT2D eigenvalue weighted by atomic mass is 15.0. The van der Waals surface area contributed by atoms with Gasteiger partial charge in [0.1, 0.15) is 0 Å². The minimum absolute atomic E-state index is 0.107. The van der Waals surface area contributed by atoms with Crippen LogP contribution in [0.4, 0.5) is 0 Å². The number of hydrogen-bond donors (Lipinski definition) is 1. The van der Waals surface area contributed by atoms with Crippen LogP contribution in [0, 0.1) is 0 Å². The maximum Gasteiger partial charge on any atom is 0.0431 e. The van der Waals surface area contributed by atoms with Gasteiger partial charge in [0.25, 0.3) is 0 Å².